The van der Waals surface area contributed by atoms with Crippen molar-refractivity contribution in [3.63, 3.8) is 0 Å². The summed E-state index contributed by atoms with van der Waals surface area (Å²) >= 11 is 1.48. The number of hydrogen-bond donors (Lipinski definition) is 0. The van der Waals surface area contributed by atoms with Crippen LogP contribution in [0.15, 0.2) is 34.5 Å². The normalized spacial score (nSPS) is 12.5. The van der Waals surface area contributed by atoms with E-state index in [-0.39, 0.29) is 25.4 Å². The number of aromatic nitrogens is 2. The molecule has 15 heteroatoms. The van der Waals surface area contributed by atoms with Gasteiger partial charge in [-0.1, -0.05) is 22.1 Å². The van der Waals surface area contributed by atoms with E-state index in [1.165, 1.54) is 18.3 Å². The lowest BCUT2D eigenvalue weighted by Crippen LogP contribution is -2.59. The largest absolute Gasteiger partial charge is 0.496 e. The smallest absolute Gasteiger partial charge is 0.273 e. The molecule has 0 saturated heterocycles. The van der Waals surface area contributed by atoms with Crippen LogP contribution in [0.5, 0.6) is 11.5 Å². The van der Waals surface area contributed by atoms with Crippen molar-refractivity contribution in [3.8, 4) is 28.4 Å². The molecule has 0 N–H and O–H groups in total. The Balaban J connectivity index is 1.86. The second-order valence-corrected chi connectivity index (χ2v) is 10.9. The molecule has 0 saturated carbocycles. The Kier molecular flexibility index (Phi) is 8.69. The summed E-state index contributed by atoms with van der Waals surface area (Å²) in [6, 6.07) is 5.63. The maximum Gasteiger partial charge on any atom is 0.273 e. The Labute approximate surface area is 252 Å². The molecule has 0 bridgehead atoms. The van der Waals surface area contributed by atoms with E-state index in [2.05, 4.69) is 0 Å². The number of carbonyl (C=O) groups excluding carboxylic acids is 2. The van der Waals surface area contributed by atoms with E-state index in [0.717, 1.165) is 26.6 Å². The number of carbonyl (C=O) groups is 2. The summed E-state index contributed by atoms with van der Waals surface area (Å²) in [7, 11) is 36.9. The molecule has 12 radical (unpaired) electrons. The van der Waals surface area contributed by atoms with Crippen LogP contribution in [-0.2, 0) is 11.4 Å². The third kappa shape index (κ3) is 6.35. The van der Waals surface area contributed by atoms with Gasteiger partial charge in [0, 0.05) is 48.2 Å². The summed E-state index contributed by atoms with van der Waals surface area (Å²) < 4.78 is 13.4. The van der Waals surface area contributed by atoms with Crippen molar-refractivity contribution in [3.05, 3.63) is 51.4 Å². The molecule has 2 aromatic heterocycles. The molecule has 3 heterocycles. The molecule has 0 atom stereocenters. The minimum atomic E-state index is -2.13. The van der Waals surface area contributed by atoms with Crippen molar-refractivity contribution >= 4 is 76.3 Å². The van der Waals surface area contributed by atoms with Crippen LogP contribution in [0.2, 0.25) is 0 Å². The van der Waals surface area contributed by atoms with Crippen LogP contribution < -0.4 is 9.47 Å². The fourth-order valence-electron chi connectivity index (χ4n) is 4.66. The predicted octanol–water partition coefficient (Wildman–Crippen LogP) is 1.45. The van der Waals surface area contributed by atoms with Gasteiger partial charge in [0.1, 0.15) is 18.1 Å². The Morgan fingerprint density at radius 3 is 2.29 bits per heavy atom. The lowest BCUT2D eigenvalue weighted by molar-refractivity contribution is -0.129. The molecule has 8 nitrogen and oxygen atoms in total. The molecular weight excluding hydrogens is 529 g/mol. The molecule has 196 valence electrons. The van der Waals surface area contributed by atoms with Gasteiger partial charge in [-0.2, -0.15) is 16.4 Å². The minimum absolute atomic E-state index is 0.0241. The molecule has 0 spiro atoms. The SMILES string of the molecule is [B]C([B])([B])N(CCN(C(=O)c1nn(-c2ccsc2)c2c1COc1cc(OC)c(C=C(C)C)cc1-2)C([B])([B])[B])C(C)=O. The first-order valence-corrected chi connectivity index (χ1v) is 13.6. The predicted molar refractivity (Wildman–Crippen MR) is 165 cm³/mol. The summed E-state index contributed by atoms with van der Waals surface area (Å²) in [6.45, 7) is 4.79. The van der Waals surface area contributed by atoms with Crippen molar-refractivity contribution in [2.75, 3.05) is 20.2 Å². The highest BCUT2D eigenvalue weighted by Crippen LogP contribution is 2.44. The van der Waals surface area contributed by atoms with Crippen molar-refractivity contribution in [2.45, 2.75) is 37.9 Å². The number of benzene rings is 1. The molecule has 0 aliphatic carbocycles. The third-order valence-corrected chi connectivity index (χ3v) is 7.12. The van der Waals surface area contributed by atoms with Crippen LogP contribution in [0.1, 0.15) is 42.4 Å². The summed E-state index contributed by atoms with van der Waals surface area (Å²) in [5, 5.41) is 4.39. The maximum absolute atomic E-state index is 14.0. The first-order valence-electron chi connectivity index (χ1n) is 12.6. The number of ether oxygens (including phenoxy) is 2. The summed E-state index contributed by atoms with van der Waals surface area (Å²) in [6.07, 6.45) is 1.99. The van der Waals surface area contributed by atoms with Gasteiger partial charge >= 0.3 is 0 Å². The first-order chi connectivity index (χ1) is 19.1. The van der Waals surface area contributed by atoms with Crippen molar-refractivity contribution < 1.29 is 19.1 Å². The fourth-order valence-corrected chi connectivity index (χ4v) is 5.27. The van der Waals surface area contributed by atoms with Crippen LogP contribution in [0.4, 0.5) is 0 Å². The Bertz CT molecular complexity index is 1490. The zero-order valence-electron chi connectivity index (χ0n) is 23.4. The highest BCUT2D eigenvalue weighted by atomic mass is 32.1. The van der Waals surface area contributed by atoms with E-state index in [9.17, 15) is 9.59 Å². The highest BCUT2D eigenvalue weighted by molar-refractivity contribution is 7.08. The van der Waals surface area contributed by atoms with E-state index in [4.69, 9.17) is 61.7 Å². The summed E-state index contributed by atoms with van der Waals surface area (Å²) in [5.74, 6) is 0.00400. The maximum atomic E-state index is 14.0. The average Bonchev–Trinajstić information content (AvgIpc) is 3.52. The number of nitrogens with zero attached hydrogens (tertiary/aromatic N) is 4. The number of amides is 2. The fraction of sp³-hybridized carbons (Fsp3) is 0.346. The zero-order chi connectivity index (χ0) is 30.3. The molecule has 1 aliphatic rings. The zero-order valence-corrected chi connectivity index (χ0v) is 24.2. The topological polar surface area (TPSA) is 76.9 Å². The Morgan fingerprint density at radius 2 is 1.76 bits per heavy atom. The number of hydrogen-bond acceptors (Lipinski definition) is 6. The van der Waals surface area contributed by atoms with Gasteiger partial charge in [0.15, 0.2) is 5.69 Å². The van der Waals surface area contributed by atoms with Gasteiger partial charge in [0.25, 0.3) is 5.91 Å². The van der Waals surface area contributed by atoms with E-state index < -0.39 is 22.3 Å². The van der Waals surface area contributed by atoms with Crippen LogP contribution in [0.3, 0.4) is 0 Å². The molecular formula is C26H24B6N4O4S. The molecule has 4 rings (SSSR count). The minimum Gasteiger partial charge on any atom is -0.496 e. The van der Waals surface area contributed by atoms with Gasteiger partial charge in [-0.25, -0.2) is 4.68 Å². The second kappa shape index (κ2) is 11.6. The number of fused-ring (bicyclic) bond motifs is 3. The van der Waals surface area contributed by atoms with Crippen LogP contribution in [0, 0.1) is 0 Å². The molecule has 41 heavy (non-hydrogen) atoms. The quantitative estimate of drug-likeness (QED) is 0.375. The first kappa shape index (κ1) is 30.8. The summed E-state index contributed by atoms with van der Waals surface area (Å²) in [5.41, 5.74) is 4.54. The van der Waals surface area contributed by atoms with Gasteiger partial charge < -0.3 is 19.3 Å². The molecule has 0 fully saturated rings. The molecule has 2 amide bonds. The second-order valence-electron chi connectivity index (χ2n) is 10.1. The van der Waals surface area contributed by atoms with Gasteiger partial charge in [0.05, 0.1) is 65.6 Å². The standard InChI is InChI=1S/C26H24B6N4O4S/c1-14(2)9-16-10-18-21(11-20(16)39-4)40-12-19-22(33-36(23(18)19)17-5-8-41-13-17)24(38)35(26(30,31)32)7-6-34(15(3)37)25(27,28)29/h5,8-11,13H,6-7,12H2,1-4H3. The molecule has 1 aliphatic heterocycles. The van der Waals surface area contributed by atoms with Crippen LogP contribution in [0.25, 0.3) is 23.0 Å². The Hall–Kier alpha value is -3.20. The van der Waals surface area contributed by atoms with Crippen LogP contribution in [-0.4, -0.2) is 109 Å². The number of thiophene rings is 1. The van der Waals surface area contributed by atoms with Crippen molar-refractivity contribution in [2.24, 2.45) is 0 Å². The van der Waals surface area contributed by atoms with Gasteiger partial charge in [0.2, 0.25) is 5.91 Å². The van der Waals surface area contributed by atoms with Crippen LogP contribution >= 0.6 is 11.3 Å². The molecule has 1 aromatic carbocycles. The van der Waals surface area contributed by atoms with Gasteiger partial charge in [-0.15, -0.1) is 0 Å². The lowest BCUT2D eigenvalue weighted by atomic mass is 9.47. The van der Waals surface area contributed by atoms with E-state index in [1.54, 1.807) is 11.8 Å². The third-order valence-electron chi connectivity index (χ3n) is 6.45. The average molecular weight is 553 g/mol. The highest BCUT2D eigenvalue weighted by Gasteiger charge is 2.36. The number of allylic oxidation sites excluding steroid dienone is 1. The number of rotatable bonds is 9. The van der Waals surface area contributed by atoms with Gasteiger partial charge in [-0.05, 0) is 31.4 Å². The molecule has 0 unspecified atom stereocenters. The Morgan fingerprint density at radius 1 is 1.10 bits per heavy atom. The van der Waals surface area contributed by atoms with Crippen molar-refractivity contribution in [1.82, 2.24) is 19.6 Å². The van der Waals surface area contributed by atoms with Crippen molar-refractivity contribution in [1.29, 1.82) is 0 Å². The summed E-state index contributed by atoms with van der Waals surface area (Å²) in [4.78, 5) is 28.1. The molecule has 3 aromatic rings. The van der Waals surface area contributed by atoms with Gasteiger partial charge in [-0.3, -0.25) is 9.59 Å². The lowest BCUT2D eigenvalue weighted by Gasteiger charge is -2.42. The monoisotopic (exact) mass is 554 g/mol. The number of methoxy groups -OCH3 is 1. The van der Waals surface area contributed by atoms with E-state index in [0.29, 0.717) is 28.3 Å². The van der Waals surface area contributed by atoms with E-state index in [1.807, 2.05) is 48.9 Å². The van der Waals surface area contributed by atoms with E-state index >= 15 is 0 Å².